The number of hydrogen-bond acceptors (Lipinski definition) is 3. The van der Waals surface area contributed by atoms with Gasteiger partial charge in [0.1, 0.15) is 0 Å². The van der Waals surface area contributed by atoms with Crippen LogP contribution >= 0.6 is 0 Å². The van der Waals surface area contributed by atoms with Crippen molar-refractivity contribution < 1.29 is 19.8 Å². The molecule has 0 spiro atoms. The van der Waals surface area contributed by atoms with E-state index in [-0.39, 0.29) is 0 Å². The van der Waals surface area contributed by atoms with Crippen molar-refractivity contribution in [3.63, 3.8) is 0 Å². The standard InChI is InChI=1S/C11H13NO4/c1-7(13)9(11(15)16)12-10(14)8-5-3-2-4-6-8/h2-7,9,13H,1H3,(H,12,14)(H,15,16). The summed E-state index contributed by atoms with van der Waals surface area (Å²) in [6, 6.07) is 6.93. The molecule has 0 radical (unpaired) electrons. The Balaban J connectivity index is 2.74. The number of nitrogens with one attached hydrogen (secondary N) is 1. The van der Waals surface area contributed by atoms with Crippen LogP contribution in [0.2, 0.25) is 0 Å². The van der Waals surface area contributed by atoms with Gasteiger partial charge in [-0.3, -0.25) is 4.79 Å². The molecule has 0 aliphatic heterocycles. The van der Waals surface area contributed by atoms with Gasteiger partial charge in [-0.05, 0) is 19.1 Å². The Kier molecular flexibility index (Phi) is 4.02. The SMILES string of the molecule is CC(O)C(NC(=O)c1ccccc1)C(=O)O. The lowest BCUT2D eigenvalue weighted by Crippen LogP contribution is -2.47. The number of carbonyl (C=O) groups excluding carboxylic acids is 1. The maximum absolute atomic E-state index is 11.6. The summed E-state index contributed by atoms with van der Waals surface area (Å²) in [5.74, 6) is -1.78. The van der Waals surface area contributed by atoms with Crippen molar-refractivity contribution >= 4 is 11.9 Å². The summed E-state index contributed by atoms with van der Waals surface area (Å²) < 4.78 is 0. The molecule has 1 aromatic carbocycles. The van der Waals surface area contributed by atoms with Crippen molar-refractivity contribution in [3.8, 4) is 0 Å². The molecule has 0 saturated heterocycles. The van der Waals surface area contributed by atoms with Crippen molar-refractivity contribution in [2.45, 2.75) is 19.1 Å². The van der Waals surface area contributed by atoms with Crippen molar-refractivity contribution in [1.29, 1.82) is 0 Å². The first-order valence-electron chi connectivity index (χ1n) is 4.79. The zero-order chi connectivity index (χ0) is 12.1. The molecule has 0 fully saturated rings. The molecule has 2 atom stereocenters. The second-order valence-corrected chi connectivity index (χ2v) is 3.40. The van der Waals surface area contributed by atoms with Gasteiger partial charge in [-0.25, -0.2) is 4.79 Å². The number of aliphatic hydroxyl groups excluding tert-OH is 1. The number of amides is 1. The van der Waals surface area contributed by atoms with Gasteiger partial charge in [0, 0.05) is 5.56 Å². The highest BCUT2D eigenvalue weighted by Crippen LogP contribution is 2.00. The Morgan fingerprint density at radius 1 is 1.25 bits per heavy atom. The van der Waals surface area contributed by atoms with Gasteiger partial charge in [-0.15, -0.1) is 0 Å². The maximum atomic E-state index is 11.6. The number of benzene rings is 1. The van der Waals surface area contributed by atoms with E-state index in [0.29, 0.717) is 5.56 Å². The predicted octanol–water partition coefficient (Wildman–Crippen LogP) is 0.250. The number of rotatable bonds is 4. The highest BCUT2D eigenvalue weighted by Gasteiger charge is 2.25. The zero-order valence-electron chi connectivity index (χ0n) is 8.75. The molecule has 0 bridgehead atoms. The highest BCUT2D eigenvalue weighted by atomic mass is 16.4. The molecule has 86 valence electrons. The minimum Gasteiger partial charge on any atom is -0.480 e. The van der Waals surface area contributed by atoms with E-state index in [1.54, 1.807) is 30.3 Å². The summed E-state index contributed by atoms with van der Waals surface area (Å²) in [6.07, 6.45) is -1.15. The van der Waals surface area contributed by atoms with E-state index in [0.717, 1.165) is 0 Å². The molecular weight excluding hydrogens is 210 g/mol. The number of hydrogen-bond donors (Lipinski definition) is 3. The number of aliphatic carboxylic acids is 1. The number of carbonyl (C=O) groups is 2. The Morgan fingerprint density at radius 3 is 2.25 bits per heavy atom. The molecule has 0 aliphatic carbocycles. The molecule has 3 N–H and O–H groups in total. The molecule has 1 amide bonds. The van der Waals surface area contributed by atoms with Crippen molar-refractivity contribution in [1.82, 2.24) is 5.32 Å². The largest absolute Gasteiger partial charge is 0.480 e. The third-order valence-corrected chi connectivity index (χ3v) is 2.07. The van der Waals surface area contributed by atoms with Gasteiger partial charge < -0.3 is 15.5 Å². The van der Waals surface area contributed by atoms with E-state index in [1.165, 1.54) is 6.92 Å². The quantitative estimate of drug-likeness (QED) is 0.683. The van der Waals surface area contributed by atoms with Gasteiger partial charge in [0.15, 0.2) is 6.04 Å². The molecule has 16 heavy (non-hydrogen) atoms. The lowest BCUT2D eigenvalue weighted by molar-refractivity contribution is -0.141. The monoisotopic (exact) mass is 223 g/mol. The van der Waals surface area contributed by atoms with E-state index in [9.17, 15) is 14.7 Å². The summed E-state index contributed by atoms with van der Waals surface area (Å²) >= 11 is 0. The van der Waals surface area contributed by atoms with Crippen LogP contribution in [0.5, 0.6) is 0 Å². The van der Waals surface area contributed by atoms with Gasteiger partial charge in [0.2, 0.25) is 0 Å². The van der Waals surface area contributed by atoms with Gasteiger partial charge in [-0.2, -0.15) is 0 Å². The minimum absolute atomic E-state index is 0.356. The smallest absolute Gasteiger partial charge is 0.328 e. The molecule has 0 aromatic heterocycles. The molecule has 2 unspecified atom stereocenters. The first-order chi connectivity index (χ1) is 7.52. The van der Waals surface area contributed by atoms with Crippen LogP contribution in [0.15, 0.2) is 30.3 Å². The van der Waals surface area contributed by atoms with E-state index in [4.69, 9.17) is 5.11 Å². The van der Waals surface area contributed by atoms with E-state index in [1.807, 2.05) is 0 Å². The van der Waals surface area contributed by atoms with Gasteiger partial charge in [0.05, 0.1) is 6.10 Å². The fraction of sp³-hybridized carbons (Fsp3) is 0.273. The first kappa shape index (κ1) is 12.2. The average molecular weight is 223 g/mol. The number of carboxylic acid groups (broad SMARTS) is 1. The zero-order valence-corrected chi connectivity index (χ0v) is 8.75. The van der Waals surface area contributed by atoms with Crippen LogP contribution < -0.4 is 5.32 Å². The predicted molar refractivity (Wildman–Crippen MR) is 57.0 cm³/mol. The summed E-state index contributed by atoms with van der Waals surface area (Å²) in [4.78, 5) is 22.3. The van der Waals surface area contributed by atoms with Crippen molar-refractivity contribution in [3.05, 3.63) is 35.9 Å². The minimum atomic E-state index is -1.30. The van der Waals surface area contributed by atoms with Crippen LogP contribution in [0, 0.1) is 0 Å². The Labute approximate surface area is 92.7 Å². The van der Waals surface area contributed by atoms with Crippen LogP contribution in [0.1, 0.15) is 17.3 Å². The summed E-state index contributed by atoms with van der Waals surface area (Å²) in [6.45, 7) is 1.31. The fourth-order valence-electron chi connectivity index (χ4n) is 1.20. The second-order valence-electron chi connectivity index (χ2n) is 3.40. The van der Waals surface area contributed by atoms with Crippen LogP contribution in [0.25, 0.3) is 0 Å². The summed E-state index contributed by atoms with van der Waals surface area (Å²) in [5, 5.41) is 20.2. The molecule has 5 nitrogen and oxygen atoms in total. The molecule has 1 aromatic rings. The molecule has 1 rings (SSSR count). The molecular formula is C11H13NO4. The second kappa shape index (κ2) is 5.27. The number of aliphatic hydroxyl groups is 1. The maximum Gasteiger partial charge on any atom is 0.328 e. The molecule has 5 heteroatoms. The van der Waals surface area contributed by atoms with E-state index < -0.39 is 24.0 Å². The fourth-order valence-corrected chi connectivity index (χ4v) is 1.20. The molecule has 0 aliphatic rings. The van der Waals surface area contributed by atoms with Crippen LogP contribution in [0.3, 0.4) is 0 Å². The van der Waals surface area contributed by atoms with Crippen LogP contribution in [-0.2, 0) is 4.79 Å². The lowest BCUT2D eigenvalue weighted by Gasteiger charge is -2.16. The molecule has 0 saturated carbocycles. The third kappa shape index (κ3) is 3.06. The van der Waals surface area contributed by atoms with Crippen molar-refractivity contribution in [2.24, 2.45) is 0 Å². The molecule has 0 heterocycles. The van der Waals surface area contributed by atoms with Crippen LogP contribution in [0.4, 0.5) is 0 Å². The van der Waals surface area contributed by atoms with Gasteiger partial charge >= 0.3 is 5.97 Å². The Hall–Kier alpha value is -1.88. The Morgan fingerprint density at radius 2 is 1.81 bits per heavy atom. The van der Waals surface area contributed by atoms with Crippen molar-refractivity contribution in [2.75, 3.05) is 0 Å². The van der Waals surface area contributed by atoms with Crippen LogP contribution in [-0.4, -0.2) is 34.2 Å². The van der Waals surface area contributed by atoms with Gasteiger partial charge in [0.25, 0.3) is 5.91 Å². The average Bonchev–Trinajstić information content (AvgIpc) is 2.25. The number of carboxylic acids is 1. The first-order valence-corrected chi connectivity index (χ1v) is 4.79. The topological polar surface area (TPSA) is 86.6 Å². The van der Waals surface area contributed by atoms with Gasteiger partial charge in [-0.1, -0.05) is 18.2 Å². The van der Waals surface area contributed by atoms with E-state index in [2.05, 4.69) is 5.32 Å². The lowest BCUT2D eigenvalue weighted by atomic mass is 10.1. The summed E-state index contributed by atoms with van der Waals surface area (Å²) in [7, 11) is 0. The normalized spacial score (nSPS) is 13.9. The third-order valence-electron chi connectivity index (χ3n) is 2.07. The highest BCUT2D eigenvalue weighted by molar-refractivity contribution is 5.96. The van der Waals surface area contributed by atoms with E-state index >= 15 is 0 Å². The summed E-state index contributed by atoms with van der Waals surface area (Å²) in [5.41, 5.74) is 0.356. The Bertz CT molecular complexity index is 375.